The van der Waals surface area contributed by atoms with Gasteiger partial charge in [-0.2, -0.15) is 0 Å². The van der Waals surface area contributed by atoms with E-state index in [1.54, 1.807) is 31.3 Å². The number of carbonyl (C=O) groups is 2. The number of phenolic OH excluding ortho intramolecular Hbond substituents is 1. The van der Waals surface area contributed by atoms with Crippen molar-refractivity contribution in [3.05, 3.63) is 77.1 Å². The van der Waals surface area contributed by atoms with Crippen molar-refractivity contribution in [1.82, 2.24) is 4.98 Å². The maximum atomic E-state index is 12.8. The SMILES string of the molecule is CCC(C)(C)C(=O)c1ccc(OCc2cccc(-c3cncc(C(=O)O)c3)c2)c(C)c1O. The van der Waals surface area contributed by atoms with Gasteiger partial charge in [-0.1, -0.05) is 39.0 Å². The van der Waals surface area contributed by atoms with Gasteiger partial charge < -0.3 is 14.9 Å². The molecule has 0 saturated carbocycles. The average molecular weight is 434 g/mol. The first kappa shape index (κ1) is 23.0. The predicted octanol–water partition coefficient (Wildman–Crippen LogP) is 5.66. The number of aromatic nitrogens is 1. The molecule has 2 N–H and O–H groups in total. The Morgan fingerprint density at radius 1 is 1.06 bits per heavy atom. The normalized spacial score (nSPS) is 11.2. The first-order valence-corrected chi connectivity index (χ1v) is 10.4. The molecule has 0 saturated heterocycles. The fourth-order valence-electron chi connectivity index (χ4n) is 3.26. The first-order valence-electron chi connectivity index (χ1n) is 10.4. The number of aromatic carboxylic acids is 1. The molecule has 2 aromatic carbocycles. The largest absolute Gasteiger partial charge is 0.507 e. The standard InChI is InChI=1S/C26H27NO5/c1-5-26(3,4)24(29)21-9-10-22(16(2)23(21)28)32-15-17-7-6-8-18(11-17)19-12-20(25(30)31)14-27-13-19/h6-14,28H,5,15H2,1-4H3,(H,30,31). The lowest BCUT2D eigenvalue weighted by molar-refractivity contribution is 0.0696. The van der Waals surface area contributed by atoms with Crippen molar-refractivity contribution in [2.75, 3.05) is 0 Å². The van der Waals surface area contributed by atoms with E-state index in [2.05, 4.69) is 4.98 Å². The third-order valence-corrected chi connectivity index (χ3v) is 5.76. The number of ketones is 1. The lowest BCUT2D eigenvalue weighted by Crippen LogP contribution is -2.23. The molecule has 3 aromatic rings. The maximum Gasteiger partial charge on any atom is 0.337 e. The Hall–Kier alpha value is -3.67. The van der Waals surface area contributed by atoms with Crippen LogP contribution in [0.15, 0.2) is 54.9 Å². The number of carbonyl (C=O) groups excluding carboxylic acids is 1. The van der Waals surface area contributed by atoms with Crippen LogP contribution < -0.4 is 4.74 Å². The highest BCUT2D eigenvalue weighted by Crippen LogP contribution is 2.36. The Morgan fingerprint density at radius 2 is 1.81 bits per heavy atom. The van der Waals surface area contributed by atoms with Gasteiger partial charge in [0.25, 0.3) is 0 Å². The van der Waals surface area contributed by atoms with E-state index in [0.29, 0.717) is 28.9 Å². The van der Waals surface area contributed by atoms with Crippen LogP contribution in [0, 0.1) is 12.3 Å². The molecule has 6 heteroatoms. The van der Waals surface area contributed by atoms with Crippen LogP contribution in [0.2, 0.25) is 0 Å². The third kappa shape index (κ3) is 4.80. The van der Waals surface area contributed by atoms with Crippen LogP contribution in [0.25, 0.3) is 11.1 Å². The lowest BCUT2D eigenvalue weighted by atomic mass is 9.81. The molecule has 0 radical (unpaired) electrons. The minimum atomic E-state index is -1.03. The zero-order chi connectivity index (χ0) is 23.5. The number of hydrogen-bond acceptors (Lipinski definition) is 5. The van der Waals surface area contributed by atoms with E-state index in [0.717, 1.165) is 11.1 Å². The summed E-state index contributed by atoms with van der Waals surface area (Å²) < 4.78 is 5.92. The fraction of sp³-hybridized carbons (Fsp3) is 0.269. The van der Waals surface area contributed by atoms with Gasteiger partial charge in [-0.05, 0) is 48.7 Å². The van der Waals surface area contributed by atoms with Crippen molar-refractivity contribution in [3.8, 4) is 22.6 Å². The van der Waals surface area contributed by atoms with Crippen molar-refractivity contribution in [1.29, 1.82) is 0 Å². The number of carboxylic acid groups (broad SMARTS) is 1. The van der Waals surface area contributed by atoms with E-state index in [1.807, 2.05) is 45.0 Å². The molecule has 0 atom stereocenters. The van der Waals surface area contributed by atoms with Crippen LogP contribution in [-0.4, -0.2) is 26.9 Å². The Morgan fingerprint density at radius 3 is 2.50 bits per heavy atom. The van der Waals surface area contributed by atoms with Gasteiger partial charge in [0.15, 0.2) is 5.78 Å². The molecule has 0 amide bonds. The number of Topliss-reactive ketones (excluding diaryl/α,β-unsaturated/α-hetero) is 1. The van der Waals surface area contributed by atoms with Crippen LogP contribution in [0.3, 0.4) is 0 Å². The van der Waals surface area contributed by atoms with Gasteiger partial charge in [0.2, 0.25) is 0 Å². The van der Waals surface area contributed by atoms with E-state index in [9.17, 15) is 19.8 Å². The van der Waals surface area contributed by atoms with Gasteiger partial charge >= 0.3 is 5.97 Å². The number of ether oxygens (including phenoxy) is 1. The molecule has 0 spiro atoms. The molecule has 32 heavy (non-hydrogen) atoms. The topological polar surface area (TPSA) is 96.7 Å². The molecule has 0 aliphatic carbocycles. The summed E-state index contributed by atoms with van der Waals surface area (Å²) in [5.41, 5.74) is 2.77. The molecule has 6 nitrogen and oxygen atoms in total. The highest BCUT2D eigenvalue weighted by molar-refractivity contribution is 6.02. The van der Waals surface area contributed by atoms with Crippen molar-refractivity contribution >= 4 is 11.8 Å². The molecule has 0 bridgehead atoms. The third-order valence-electron chi connectivity index (χ3n) is 5.76. The van der Waals surface area contributed by atoms with Crippen molar-refractivity contribution in [2.24, 2.45) is 5.41 Å². The Kier molecular flexibility index (Phi) is 6.63. The van der Waals surface area contributed by atoms with E-state index in [1.165, 1.54) is 6.20 Å². The summed E-state index contributed by atoms with van der Waals surface area (Å²) in [5.74, 6) is -0.692. The fourth-order valence-corrected chi connectivity index (χ4v) is 3.26. The van der Waals surface area contributed by atoms with E-state index in [4.69, 9.17) is 4.74 Å². The monoisotopic (exact) mass is 433 g/mol. The molecule has 0 aliphatic heterocycles. The number of phenols is 1. The number of benzene rings is 2. The molecule has 3 rings (SSSR count). The lowest BCUT2D eigenvalue weighted by Gasteiger charge is -2.22. The summed E-state index contributed by atoms with van der Waals surface area (Å²) >= 11 is 0. The number of hydrogen-bond donors (Lipinski definition) is 2. The minimum Gasteiger partial charge on any atom is -0.507 e. The Balaban J connectivity index is 1.80. The molecular weight excluding hydrogens is 406 g/mol. The molecule has 166 valence electrons. The molecule has 0 unspecified atom stereocenters. The van der Waals surface area contributed by atoms with Gasteiger partial charge in [-0.25, -0.2) is 4.79 Å². The molecule has 1 heterocycles. The van der Waals surface area contributed by atoms with Crippen LogP contribution in [0.1, 0.15) is 59.0 Å². The van der Waals surface area contributed by atoms with E-state index in [-0.39, 0.29) is 23.7 Å². The molecule has 0 aliphatic rings. The molecule has 1 aromatic heterocycles. The predicted molar refractivity (Wildman–Crippen MR) is 122 cm³/mol. The highest BCUT2D eigenvalue weighted by Gasteiger charge is 2.29. The summed E-state index contributed by atoms with van der Waals surface area (Å²) in [5, 5.41) is 19.8. The summed E-state index contributed by atoms with van der Waals surface area (Å²) in [7, 11) is 0. The quantitative estimate of drug-likeness (QED) is 0.445. The van der Waals surface area contributed by atoms with Crippen LogP contribution >= 0.6 is 0 Å². The number of carboxylic acids is 1. The molecule has 0 fully saturated rings. The van der Waals surface area contributed by atoms with Gasteiger partial charge in [-0.15, -0.1) is 0 Å². The number of aromatic hydroxyl groups is 1. The van der Waals surface area contributed by atoms with Gasteiger partial charge in [0, 0.05) is 28.9 Å². The number of rotatable bonds is 8. The summed E-state index contributed by atoms with van der Waals surface area (Å²) in [6.45, 7) is 7.64. The second-order valence-corrected chi connectivity index (χ2v) is 8.41. The zero-order valence-electron chi connectivity index (χ0n) is 18.7. The van der Waals surface area contributed by atoms with Crippen LogP contribution in [0.5, 0.6) is 11.5 Å². The summed E-state index contributed by atoms with van der Waals surface area (Å²) in [6, 6.07) is 12.4. The second-order valence-electron chi connectivity index (χ2n) is 8.41. The second kappa shape index (κ2) is 9.22. The summed E-state index contributed by atoms with van der Waals surface area (Å²) in [6.07, 6.45) is 3.59. The summed E-state index contributed by atoms with van der Waals surface area (Å²) in [4.78, 5) is 28.0. The first-order chi connectivity index (χ1) is 15.1. The Labute approximate surface area is 187 Å². The van der Waals surface area contributed by atoms with E-state index < -0.39 is 11.4 Å². The van der Waals surface area contributed by atoms with Gasteiger partial charge in [-0.3, -0.25) is 9.78 Å². The number of nitrogens with zero attached hydrogens (tertiary/aromatic N) is 1. The van der Waals surface area contributed by atoms with Crippen molar-refractivity contribution in [3.63, 3.8) is 0 Å². The van der Waals surface area contributed by atoms with Crippen LogP contribution in [-0.2, 0) is 6.61 Å². The average Bonchev–Trinajstić information content (AvgIpc) is 2.80. The van der Waals surface area contributed by atoms with Crippen molar-refractivity contribution in [2.45, 2.75) is 40.7 Å². The van der Waals surface area contributed by atoms with Crippen molar-refractivity contribution < 1.29 is 24.5 Å². The van der Waals surface area contributed by atoms with Crippen LogP contribution in [0.4, 0.5) is 0 Å². The Bertz CT molecular complexity index is 1170. The smallest absolute Gasteiger partial charge is 0.337 e. The van der Waals surface area contributed by atoms with Gasteiger partial charge in [0.1, 0.15) is 18.1 Å². The van der Waals surface area contributed by atoms with E-state index >= 15 is 0 Å². The zero-order valence-corrected chi connectivity index (χ0v) is 18.7. The maximum absolute atomic E-state index is 12.8. The number of pyridine rings is 1. The molecular formula is C26H27NO5. The minimum absolute atomic E-state index is 0.0562. The highest BCUT2D eigenvalue weighted by atomic mass is 16.5. The van der Waals surface area contributed by atoms with Gasteiger partial charge in [0.05, 0.1) is 11.1 Å².